The van der Waals surface area contributed by atoms with E-state index < -0.39 is 18.1 Å². The number of rotatable bonds is 7. The van der Waals surface area contributed by atoms with Gasteiger partial charge in [-0.3, -0.25) is 9.55 Å². The molecule has 0 saturated heterocycles. The molecule has 0 radical (unpaired) electrons. The largest absolute Gasteiger partial charge is 0.510 e. The van der Waals surface area contributed by atoms with Crippen molar-refractivity contribution in [3.63, 3.8) is 0 Å². The van der Waals surface area contributed by atoms with Gasteiger partial charge in [0.1, 0.15) is 5.82 Å². The fourth-order valence-electron chi connectivity index (χ4n) is 6.81. The number of fused-ring (bicyclic) bond motifs is 4. The zero-order valence-corrected chi connectivity index (χ0v) is 30.6. The van der Waals surface area contributed by atoms with Gasteiger partial charge in [-0.25, -0.2) is 4.98 Å². The maximum atomic E-state index is 8.67. The van der Waals surface area contributed by atoms with E-state index in [2.05, 4.69) is 52.3 Å². The van der Waals surface area contributed by atoms with Crippen LogP contribution in [0.5, 0.6) is 11.5 Å². The molecule has 0 unspecified atom stereocenters. The van der Waals surface area contributed by atoms with Gasteiger partial charge in [-0.2, -0.15) is 18.2 Å². The summed E-state index contributed by atoms with van der Waals surface area (Å²) in [6, 6.07) is 48.4. The monoisotopic (exact) mass is 879 g/mol. The summed E-state index contributed by atoms with van der Waals surface area (Å²) in [4.78, 5) is 9.35. The summed E-state index contributed by atoms with van der Waals surface area (Å²) in [6.07, 6.45) is 6.55. The van der Waals surface area contributed by atoms with Gasteiger partial charge in [-0.1, -0.05) is 115 Å². The third-order valence-electron chi connectivity index (χ3n) is 9.18. The Kier molecular flexibility index (Phi) is 7.29. The number of ether oxygens (including phenoxy) is 1. The Labute approximate surface area is 333 Å². The van der Waals surface area contributed by atoms with Crippen molar-refractivity contribution in [2.24, 2.45) is 0 Å². The number of para-hydroxylation sites is 3. The van der Waals surface area contributed by atoms with Crippen LogP contribution in [0.2, 0.25) is 0 Å². The number of aromatic nitrogens is 5. The van der Waals surface area contributed by atoms with Crippen LogP contribution in [0.4, 0.5) is 0 Å². The van der Waals surface area contributed by atoms with Crippen LogP contribution in [-0.4, -0.2) is 19.1 Å². The molecule has 0 saturated carbocycles. The molecule has 7 heteroatoms. The van der Waals surface area contributed by atoms with E-state index in [-0.39, 0.29) is 38.7 Å². The maximum absolute atomic E-state index is 8.67. The molecule has 4 heterocycles. The molecule has 6 nitrogen and oxygen atoms in total. The first-order valence-electron chi connectivity index (χ1n) is 19.5. The number of benzene rings is 6. The second-order valence-electron chi connectivity index (χ2n) is 12.3. The van der Waals surface area contributed by atoms with Crippen molar-refractivity contribution >= 4 is 32.8 Å². The molecule has 0 bridgehead atoms. The second kappa shape index (κ2) is 14.1. The number of nitrogens with zero attached hydrogens (tertiary/aromatic N) is 5. The summed E-state index contributed by atoms with van der Waals surface area (Å²) in [7, 11) is 0. The molecule has 54 heavy (non-hydrogen) atoms. The summed E-state index contributed by atoms with van der Waals surface area (Å²) in [5, 5.41) is 2.10. The van der Waals surface area contributed by atoms with Gasteiger partial charge in [-0.15, -0.1) is 29.7 Å². The molecule has 0 spiro atoms. The molecule has 0 fully saturated rings. The van der Waals surface area contributed by atoms with E-state index in [4.69, 9.17) is 16.6 Å². The molecule has 0 amide bonds. The average Bonchev–Trinajstić information content (AvgIpc) is 3.82. The molecule has 6 aromatic carbocycles. The van der Waals surface area contributed by atoms with Crippen molar-refractivity contribution in [1.82, 2.24) is 19.1 Å². The van der Waals surface area contributed by atoms with Crippen molar-refractivity contribution in [1.29, 1.82) is 0 Å². The van der Waals surface area contributed by atoms with Gasteiger partial charge >= 0.3 is 0 Å². The third kappa shape index (κ3) is 5.87. The molecular weight excluding hydrogens is 846 g/mol. The second-order valence-corrected chi connectivity index (χ2v) is 12.3. The van der Waals surface area contributed by atoms with Gasteiger partial charge in [0.2, 0.25) is 0 Å². The van der Waals surface area contributed by atoms with Crippen molar-refractivity contribution in [3.8, 4) is 51.1 Å². The molecule has 260 valence electrons. The van der Waals surface area contributed by atoms with Gasteiger partial charge < -0.3 is 13.9 Å². The van der Waals surface area contributed by atoms with Crippen LogP contribution >= 0.6 is 0 Å². The number of hydrogen-bond donors (Lipinski definition) is 0. The van der Waals surface area contributed by atoms with E-state index in [0.29, 0.717) is 28.4 Å². The van der Waals surface area contributed by atoms with Gasteiger partial charge in [0.15, 0.2) is 0 Å². The van der Waals surface area contributed by atoms with E-state index in [1.54, 1.807) is 16.8 Å². The van der Waals surface area contributed by atoms with E-state index in [9.17, 15) is 0 Å². The van der Waals surface area contributed by atoms with Gasteiger partial charge in [0.05, 0.1) is 29.3 Å². The first-order valence-corrected chi connectivity index (χ1v) is 17.0. The van der Waals surface area contributed by atoms with Crippen LogP contribution in [-0.2, 0) is 21.1 Å². The van der Waals surface area contributed by atoms with E-state index in [0.717, 1.165) is 49.9 Å². The normalized spacial score (nSPS) is 12.5. The molecule has 0 aliphatic rings. The Balaban J connectivity index is 0.00000449. The first kappa shape index (κ1) is 28.0. The summed E-state index contributed by atoms with van der Waals surface area (Å²) in [5.74, 6) is 1.73. The Morgan fingerprint density at radius 3 is 2.31 bits per heavy atom. The molecule has 0 aliphatic heterocycles. The van der Waals surface area contributed by atoms with Crippen LogP contribution in [0, 0.1) is 18.5 Å². The minimum atomic E-state index is -0.455. The van der Waals surface area contributed by atoms with Crippen LogP contribution in [0.25, 0.3) is 72.4 Å². The summed E-state index contributed by atoms with van der Waals surface area (Å²) >= 11 is 0. The third-order valence-corrected chi connectivity index (χ3v) is 9.18. The minimum Gasteiger partial charge on any atom is -0.510 e. The Hall–Kier alpha value is -6.62. The fourth-order valence-corrected chi connectivity index (χ4v) is 6.81. The molecule has 0 aliphatic carbocycles. The topological polar surface area (TPSA) is 48.8 Å². The van der Waals surface area contributed by atoms with E-state index in [1.165, 1.54) is 6.20 Å². The van der Waals surface area contributed by atoms with Gasteiger partial charge in [0, 0.05) is 61.6 Å². The van der Waals surface area contributed by atoms with Crippen LogP contribution in [0.3, 0.4) is 0 Å². The van der Waals surface area contributed by atoms with Crippen molar-refractivity contribution in [2.75, 3.05) is 0 Å². The summed E-state index contributed by atoms with van der Waals surface area (Å²) < 4.78 is 54.3. The predicted octanol–water partition coefficient (Wildman–Crippen LogP) is 10.3. The van der Waals surface area contributed by atoms with Crippen molar-refractivity contribution in [2.45, 2.75) is 0 Å². The molecule has 0 atom stereocenters. The predicted molar refractivity (Wildman–Crippen MR) is 209 cm³/mol. The minimum absolute atomic E-state index is 0. The molecular formula is C47H29N5OPt-2. The molecule has 10 rings (SSSR count). The Morgan fingerprint density at radius 2 is 1.43 bits per heavy atom. The number of imidazole rings is 1. The Morgan fingerprint density at radius 1 is 0.648 bits per heavy atom. The molecule has 0 N–H and O–H groups in total. The van der Waals surface area contributed by atoms with Crippen LogP contribution < -0.4 is 9.30 Å². The zero-order valence-electron chi connectivity index (χ0n) is 33.3. The zero-order chi connectivity index (χ0) is 39.5. The quantitative estimate of drug-likeness (QED) is 0.118. The molecule has 10 aromatic rings. The fraction of sp³-hybridized carbons (Fsp3) is 0. The van der Waals surface area contributed by atoms with E-state index in [1.807, 2.05) is 108 Å². The smallest absolute Gasteiger partial charge is 0.268 e. The summed E-state index contributed by atoms with van der Waals surface area (Å²) in [5.41, 5.74) is 6.89. The van der Waals surface area contributed by atoms with Crippen LogP contribution in [0.1, 0.15) is 6.85 Å². The van der Waals surface area contributed by atoms with E-state index >= 15 is 0 Å². The molecule has 4 aromatic heterocycles. The van der Waals surface area contributed by atoms with Crippen LogP contribution in [0.15, 0.2) is 176 Å². The van der Waals surface area contributed by atoms with Gasteiger partial charge in [0.25, 0.3) is 6.33 Å². The maximum Gasteiger partial charge on any atom is 0.268 e. The van der Waals surface area contributed by atoms with Gasteiger partial charge in [-0.05, 0) is 40.9 Å². The van der Waals surface area contributed by atoms with Crippen molar-refractivity contribution in [3.05, 3.63) is 195 Å². The average molecular weight is 880 g/mol. The first-order chi connectivity index (χ1) is 28.4. The standard InChI is InChI=1S/C47H29N5O.Pt/c1-3-13-33(14-4-1)40-31-48-28-27-42(40)51-32-50(44-22-9-10-23-45(44)51)35-17-11-18-36(29-35)53-37-25-26-39-38-19-7-8-21-43(38)52(46(39)30-37)47-24-12-20-41(49-47)34-15-5-2-6-16-34;/h1-28,31H;/q-2;/i1D,3D,4D,13D,14D;. The SMILES string of the molecule is [2H]c1c([2H])c([2H])c(-c2cnccc2-[n+]2[c-]n(-c3[c-]c(Oc4[c-]c5c(cc4)c4ccccc4n5-c4cccc(-c5ccccc5)n4)ccc3)c3ccccc32)c([2H])c1[2H].[Pt]. The van der Waals surface area contributed by atoms with Crippen molar-refractivity contribution < 1.29 is 37.2 Å². The summed E-state index contributed by atoms with van der Waals surface area (Å²) in [6.45, 7) is 0. The number of pyridine rings is 2. The Bertz CT molecular complexity index is 3210. The number of hydrogen-bond acceptors (Lipinski definition) is 3.